The molecule has 2 N–H and O–H groups in total. The zero-order valence-electron chi connectivity index (χ0n) is 11.0. The molecule has 0 amide bonds. The largest absolute Gasteiger partial charge is 0.439 e. The molecule has 0 aliphatic heterocycles. The summed E-state index contributed by atoms with van der Waals surface area (Å²) >= 11 is 5.98. The van der Waals surface area contributed by atoms with E-state index >= 15 is 0 Å². The van der Waals surface area contributed by atoms with Crippen molar-refractivity contribution >= 4 is 11.6 Å². The van der Waals surface area contributed by atoms with Crippen LogP contribution in [0.1, 0.15) is 24.0 Å². The lowest BCUT2D eigenvalue weighted by Crippen LogP contribution is -2.01. The molecule has 0 saturated heterocycles. The molecule has 1 heterocycles. The molecule has 0 spiro atoms. The van der Waals surface area contributed by atoms with Crippen molar-refractivity contribution in [1.82, 2.24) is 9.97 Å². The fraction of sp³-hybridized carbons (Fsp3) is 0.286. The second kappa shape index (κ2) is 5.99. The van der Waals surface area contributed by atoms with E-state index in [9.17, 15) is 0 Å². The molecule has 1 aromatic heterocycles. The first kappa shape index (κ1) is 13.8. The van der Waals surface area contributed by atoms with Gasteiger partial charge in [0.25, 0.3) is 0 Å². The summed E-state index contributed by atoms with van der Waals surface area (Å²) in [6.45, 7) is 4.27. The van der Waals surface area contributed by atoms with Crippen LogP contribution in [0.25, 0.3) is 0 Å². The maximum absolute atomic E-state index is 5.98. The molecule has 0 radical (unpaired) electrons. The van der Waals surface area contributed by atoms with Crippen molar-refractivity contribution in [2.24, 2.45) is 5.73 Å². The summed E-state index contributed by atoms with van der Waals surface area (Å²) in [6, 6.07) is 7.22. The van der Waals surface area contributed by atoms with E-state index in [2.05, 4.69) is 9.97 Å². The van der Waals surface area contributed by atoms with Crippen LogP contribution in [0.3, 0.4) is 0 Å². The highest BCUT2D eigenvalue weighted by Crippen LogP contribution is 2.27. The van der Waals surface area contributed by atoms with Crippen LogP contribution in [0.2, 0.25) is 5.02 Å². The summed E-state index contributed by atoms with van der Waals surface area (Å²) < 4.78 is 5.79. The predicted molar refractivity (Wildman–Crippen MR) is 75.6 cm³/mol. The number of hydrogen-bond acceptors (Lipinski definition) is 4. The van der Waals surface area contributed by atoms with Gasteiger partial charge in [0.05, 0.1) is 0 Å². The van der Waals surface area contributed by atoms with Crippen molar-refractivity contribution in [3.05, 3.63) is 46.4 Å². The Balaban J connectivity index is 2.35. The van der Waals surface area contributed by atoms with Gasteiger partial charge in [0.15, 0.2) is 0 Å². The maximum Gasteiger partial charge on any atom is 0.222 e. The second-order valence-corrected chi connectivity index (χ2v) is 4.59. The van der Waals surface area contributed by atoms with Crippen LogP contribution in [0.15, 0.2) is 24.3 Å². The second-order valence-electron chi connectivity index (χ2n) is 4.16. The van der Waals surface area contributed by atoms with E-state index in [1.807, 2.05) is 26.0 Å². The molecule has 0 atom stereocenters. The molecule has 0 unspecified atom stereocenters. The molecular formula is C14H16ClN3O. The van der Waals surface area contributed by atoms with Gasteiger partial charge in [-0.1, -0.05) is 24.6 Å². The van der Waals surface area contributed by atoms with E-state index in [0.29, 0.717) is 29.0 Å². The molecule has 19 heavy (non-hydrogen) atoms. The third kappa shape index (κ3) is 3.43. The number of nitrogens with zero attached hydrogens (tertiary/aromatic N) is 2. The number of rotatable bonds is 4. The van der Waals surface area contributed by atoms with E-state index < -0.39 is 0 Å². The topological polar surface area (TPSA) is 61.0 Å². The molecule has 0 aliphatic rings. The van der Waals surface area contributed by atoms with Crippen molar-refractivity contribution in [2.45, 2.75) is 26.8 Å². The molecule has 2 rings (SSSR count). The lowest BCUT2D eigenvalue weighted by Gasteiger charge is -2.10. The lowest BCUT2D eigenvalue weighted by molar-refractivity contribution is 0.453. The minimum absolute atomic E-state index is 0.386. The zero-order chi connectivity index (χ0) is 13.8. The standard InChI is InChI=1S/C14H16ClN3O/c1-3-12-7-14(18-9(2)17-12)19-13-6-11(15)5-4-10(13)8-16/h4-7H,3,8,16H2,1-2H3. The van der Waals surface area contributed by atoms with Gasteiger partial charge in [-0.25, -0.2) is 4.98 Å². The van der Waals surface area contributed by atoms with Gasteiger partial charge in [-0.15, -0.1) is 0 Å². The van der Waals surface area contributed by atoms with Crippen LogP contribution in [0.5, 0.6) is 11.6 Å². The van der Waals surface area contributed by atoms with Gasteiger partial charge in [0.2, 0.25) is 5.88 Å². The third-order valence-corrected chi connectivity index (χ3v) is 2.93. The normalized spacial score (nSPS) is 10.5. The first-order valence-electron chi connectivity index (χ1n) is 6.13. The molecule has 1 aromatic carbocycles. The monoisotopic (exact) mass is 277 g/mol. The van der Waals surface area contributed by atoms with Crippen LogP contribution in [0.4, 0.5) is 0 Å². The minimum atomic E-state index is 0.386. The van der Waals surface area contributed by atoms with Crippen LogP contribution in [0, 0.1) is 6.92 Å². The summed E-state index contributed by atoms with van der Waals surface area (Å²) in [5, 5.41) is 0.605. The summed E-state index contributed by atoms with van der Waals surface area (Å²) in [6.07, 6.45) is 0.832. The van der Waals surface area contributed by atoms with E-state index in [0.717, 1.165) is 17.7 Å². The number of aryl methyl sites for hydroxylation is 2. The molecule has 4 nitrogen and oxygen atoms in total. The van der Waals surface area contributed by atoms with E-state index in [-0.39, 0.29) is 0 Å². The number of ether oxygens (including phenoxy) is 1. The van der Waals surface area contributed by atoms with Gasteiger partial charge in [-0.3, -0.25) is 0 Å². The number of nitrogens with two attached hydrogens (primary N) is 1. The Kier molecular flexibility index (Phi) is 4.35. The summed E-state index contributed by atoms with van der Waals surface area (Å²) in [7, 11) is 0. The van der Waals surface area contributed by atoms with Gasteiger partial charge >= 0.3 is 0 Å². The van der Waals surface area contributed by atoms with Gasteiger partial charge in [-0.2, -0.15) is 4.98 Å². The van der Waals surface area contributed by atoms with Crippen molar-refractivity contribution in [3.8, 4) is 11.6 Å². The number of aromatic nitrogens is 2. The maximum atomic E-state index is 5.98. The van der Waals surface area contributed by atoms with Gasteiger partial charge in [0, 0.05) is 28.9 Å². The molecule has 0 bridgehead atoms. The Morgan fingerprint density at radius 3 is 2.74 bits per heavy atom. The van der Waals surface area contributed by atoms with Gasteiger partial charge in [-0.05, 0) is 25.5 Å². The predicted octanol–water partition coefficient (Wildman–Crippen LogP) is 3.25. The minimum Gasteiger partial charge on any atom is -0.439 e. The number of halogens is 1. The zero-order valence-corrected chi connectivity index (χ0v) is 11.7. The molecule has 5 heteroatoms. The lowest BCUT2D eigenvalue weighted by atomic mass is 10.2. The van der Waals surface area contributed by atoms with Crippen molar-refractivity contribution < 1.29 is 4.74 Å². The Labute approximate surface area is 117 Å². The fourth-order valence-corrected chi connectivity index (χ4v) is 1.90. The average molecular weight is 278 g/mol. The number of hydrogen-bond donors (Lipinski definition) is 1. The van der Waals surface area contributed by atoms with Crippen molar-refractivity contribution in [2.75, 3.05) is 0 Å². The highest BCUT2D eigenvalue weighted by molar-refractivity contribution is 6.30. The first-order chi connectivity index (χ1) is 9.12. The molecule has 2 aromatic rings. The summed E-state index contributed by atoms with van der Waals surface area (Å²) in [5.41, 5.74) is 7.52. The molecule has 0 aliphatic carbocycles. The number of benzene rings is 1. The SMILES string of the molecule is CCc1cc(Oc2cc(Cl)ccc2CN)nc(C)n1. The average Bonchev–Trinajstić information content (AvgIpc) is 2.38. The molecule has 0 fully saturated rings. The van der Waals surface area contributed by atoms with Gasteiger partial charge in [0.1, 0.15) is 11.6 Å². The highest BCUT2D eigenvalue weighted by atomic mass is 35.5. The Bertz CT molecular complexity index is 587. The fourth-order valence-electron chi connectivity index (χ4n) is 1.74. The Morgan fingerprint density at radius 2 is 2.05 bits per heavy atom. The summed E-state index contributed by atoms with van der Waals surface area (Å²) in [5.74, 6) is 1.84. The van der Waals surface area contributed by atoms with E-state index in [1.54, 1.807) is 12.1 Å². The first-order valence-corrected chi connectivity index (χ1v) is 6.51. The highest BCUT2D eigenvalue weighted by Gasteiger charge is 2.07. The van der Waals surface area contributed by atoms with Crippen LogP contribution >= 0.6 is 11.6 Å². The van der Waals surface area contributed by atoms with E-state index in [1.165, 1.54) is 0 Å². The molecule has 0 saturated carbocycles. The molecule has 100 valence electrons. The van der Waals surface area contributed by atoms with Gasteiger partial charge < -0.3 is 10.5 Å². The van der Waals surface area contributed by atoms with Crippen LogP contribution < -0.4 is 10.5 Å². The van der Waals surface area contributed by atoms with E-state index in [4.69, 9.17) is 22.1 Å². The van der Waals surface area contributed by atoms with Crippen molar-refractivity contribution in [1.29, 1.82) is 0 Å². The van der Waals surface area contributed by atoms with Crippen molar-refractivity contribution in [3.63, 3.8) is 0 Å². The third-order valence-electron chi connectivity index (χ3n) is 2.69. The molecular weight excluding hydrogens is 262 g/mol. The van der Waals surface area contributed by atoms with Crippen LogP contribution in [-0.4, -0.2) is 9.97 Å². The smallest absolute Gasteiger partial charge is 0.222 e. The Morgan fingerprint density at radius 1 is 1.26 bits per heavy atom. The summed E-state index contributed by atoms with van der Waals surface area (Å²) in [4.78, 5) is 8.58. The quantitative estimate of drug-likeness (QED) is 0.932. The van der Waals surface area contributed by atoms with Crippen LogP contribution in [-0.2, 0) is 13.0 Å². The Hall–Kier alpha value is -1.65.